The minimum Gasteiger partial charge on any atom is -0.495 e. The number of hydrogen-bond acceptors (Lipinski definition) is 5. The molecule has 1 aliphatic heterocycles. The molecule has 0 unspecified atom stereocenters. The lowest BCUT2D eigenvalue weighted by molar-refractivity contribution is 0.415. The Morgan fingerprint density at radius 1 is 1.24 bits per heavy atom. The van der Waals surface area contributed by atoms with Gasteiger partial charge in [-0.15, -0.1) is 0 Å². The van der Waals surface area contributed by atoms with Gasteiger partial charge in [0, 0.05) is 23.5 Å². The van der Waals surface area contributed by atoms with Crippen LogP contribution in [0.4, 0.5) is 0 Å². The van der Waals surface area contributed by atoms with Gasteiger partial charge in [-0.2, -0.15) is 5.10 Å². The normalized spacial score (nSPS) is 18.3. The molecular formula is C21H20ClN3O3S. The van der Waals surface area contributed by atoms with Crippen LogP contribution in [0.5, 0.6) is 5.75 Å². The third kappa shape index (κ3) is 4.36. The van der Waals surface area contributed by atoms with Gasteiger partial charge < -0.3 is 4.74 Å². The summed E-state index contributed by atoms with van der Waals surface area (Å²) in [5, 5.41) is 5.22. The molecular weight excluding hydrogens is 410 g/mol. The minimum absolute atomic E-state index is 0.0972. The topological polar surface area (TPSA) is 73.5 Å². The number of ether oxygens (including phenoxy) is 1. The fraction of sp³-hybridized carbons (Fsp3) is 0.238. The number of sulfone groups is 1. The number of rotatable bonds is 5. The van der Waals surface area contributed by atoms with E-state index in [4.69, 9.17) is 21.4 Å². The molecule has 0 radical (unpaired) electrons. The van der Waals surface area contributed by atoms with Crippen molar-refractivity contribution in [1.82, 2.24) is 9.78 Å². The summed E-state index contributed by atoms with van der Waals surface area (Å²) >= 11 is 6.31. The lowest BCUT2D eigenvalue weighted by Gasteiger charge is -2.05. The van der Waals surface area contributed by atoms with Crippen molar-refractivity contribution in [3.8, 4) is 22.7 Å². The molecule has 4 rings (SSSR count). The summed E-state index contributed by atoms with van der Waals surface area (Å²) in [5.41, 5.74) is 3.24. The first-order valence-corrected chi connectivity index (χ1v) is 11.4. The lowest BCUT2D eigenvalue weighted by atomic mass is 10.1. The van der Waals surface area contributed by atoms with Crippen LogP contribution in [-0.2, 0) is 9.84 Å². The Morgan fingerprint density at radius 2 is 2.03 bits per heavy atom. The first-order valence-electron chi connectivity index (χ1n) is 9.18. The van der Waals surface area contributed by atoms with E-state index in [1.807, 2.05) is 42.6 Å². The molecule has 1 fully saturated rings. The van der Waals surface area contributed by atoms with Crippen LogP contribution in [0.1, 0.15) is 12.0 Å². The smallest absolute Gasteiger partial charge is 0.152 e. The molecule has 0 aliphatic carbocycles. The van der Waals surface area contributed by atoms with Crippen LogP contribution >= 0.6 is 11.6 Å². The lowest BCUT2D eigenvalue weighted by Crippen LogP contribution is -2.07. The Balaban J connectivity index is 1.74. The fourth-order valence-corrected chi connectivity index (χ4v) is 5.21. The highest BCUT2D eigenvalue weighted by atomic mass is 35.5. The molecule has 0 bridgehead atoms. The van der Waals surface area contributed by atoms with E-state index in [0.717, 1.165) is 16.8 Å². The Labute approximate surface area is 174 Å². The second-order valence-corrected chi connectivity index (χ2v) is 9.53. The van der Waals surface area contributed by atoms with Gasteiger partial charge in [0.15, 0.2) is 9.84 Å². The minimum atomic E-state index is -2.98. The zero-order valence-electron chi connectivity index (χ0n) is 15.8. The molecule has 0 saturated carbocycles. The molecule has 6 nitrogen and oxygen atoms in total. The van der Waals surface area contributed by atoms with Gasteiger partial charge in [-0.05, 0) is 36.8 Å². The van der Waals surface area contributed by atoms with Crippen LogP contribution in [0.15, 0.2) is 59.7 Å². The fourth-order valence-electron chi connectivity index (χ4n) is 3.31. The van der Waals surface area contributed by atoms with E-state index in [-0.39, 0.29) is 17.5 Å². The van der Waals surface area contributed by atoms with Crippen LogP contribution in [0.3, 0.4) is 0 Å². The summed E-state index contributed by atoms with van der Waals surface area (Å²) in [7, 11) is -1.41. The maximum atomic E-state index is 11.7. The first kappa shape index (κ1) is 19.7. The molecule has 29 heavy (non-hydrogen) atoms. The number of hydrogen-bond donors (Lipinski definition) is 0. The highest BCUT2D eigenvalue weighted by molar-refractivity contribution is 7.91. The van der Waals surface area contributed by atoms with E-state index in [2.05, 4.69) is 4.99 Å². The van der Waals surface area contributed by atoms with Crippen molar-refractivity contribution in [2.45, 2.75) is 12.5 Å². The van der Waals surface area contributed by atoms with E-state index in [0.29, 0.717) is 22.9 Å². The molecule has 8 heteroatoms. The highest BCUT2D eigenvalue weighted by Crippen LogP contribution is 2.31. The SMILES string of the molecule is COc1ccc(-c2nn(-c3ccccc3)cc2C=N[C@@H]2CCS(=O)(=O)C2)cc1Cl. The maximum absolute atomic E-state index is 11.7. The molecule has 0 spiro atoms. The number of benzene rings is 2. The molecule has 1 atom stereocenters. The number of aromatic nitrogens is 2. The van der Waals surface area contributed by atoms with Gasteiger partial charge in [0.2, 0.25) is 0 Å². The summed E-state index contributed by atoms with van der Waals surface area (Å²) in [6.45, 7) is 0. The second kappa shape index (κ2) is 8.00. The van der Waals surface area contributed by atoms with Crippen molar-refractivity contribution < 1.29 is 13.2 Å². The predicted octanol–water partition coefficient (Wildman–Crippen LogP) is 3.81. The monoisotopic (exact) mass is 429 g/mol. The van der Waals surface area contributed by atoms with Crippen molar-refractivity contribution in [1.29, 1.82) is 0 Å². The molecule has 1 aromatic heterocycles. The van der Waals surface area contributed by atoms with Crippen LogP contribution in [0.25, 0.3) is 16.9 Å². The molecule has 3 aromatic rings. The first-order chi connectivity index (χ1) is 13.9. The van der Waals surface area contributed by atoms with Crippen LogP contribution < -0.4 is 4.74 Å². The average molecular weight is 430 g/mol. The molecule has 1 saturated heterocycles. The molecule has 0 N–H and O–H groups in total. The van der Waals surface area contributed by atoms with Crippen LogP contribution in [0.2, 0.25) is 5.02 Å². The molecule has 1 aliphatic rings. The van der Waals surface area contributed by atoms with Gasteiger partial charge in [-0.1, -0.05) is 29.8 Å². The third-order valence-corrected chi connectivity index (χ3v) is 6.87. The number of nitrogens with zero attached hydrogens (tertiary/aromatic N) is 3. The van der Waals surface area contributed by atoms with E-state index in [1.165, 1.54) is 0 Å². The zero-order valence-corrected chi connectivity index (χ0v) is 17.4. The molecule has 0 amide bonds. The van der Waals surface area contributed by atoms with Gasteiger partial charge in [-0.25, -0.2) is 13.1 Å². The van der Waals surface area contributed by atoms with Crippen molar-refractivity contribution >= 4 is 27.7 Å². The van der Waals surface area contributed by atoms with E-state index >= 15 is 0 Å². The largest absolute Gasteiger partial charge is 0.495 e. The standard InChI is InChI=1S/C21H20ClN3O3S/c1-28-20-8-7-15(11-19(20)22)21-16(12-23-17-9-10-29(26,27)14-17)13-25(24-21)18-5-3-2-4-6-18/h2-8,11-13,17H,9-10,14H2,1H3/t17-/m1/s1. The Kier molecular flexibility index (Phi) is 5.43. The zero-order chi connectivity index (χ0) is 20.4. The van der Waals surface area contributed by atoms with Gasteiger partial charge in [-0.3, -0.25) is 4.99 Å². The Bertz CT molecular complexity index is 1160. The number of para-hydroxylation sites is 1. The number of aliphatic imine (C=N–C) groups is 1. The second-order valence-electron chi connectivity index (χ2n) is 6.90. The van der Waals surface area contributed by atoms with Crippen LogP contribution in [0, 0.1) is 0 Å². The highest BCUT2D eigenvalue weighted by Gasteiger charge is 2.27. The summed E-state index contributed by atoms with van der Waals surface area (Å²) in [4.78, 5) is 4.52. The molecule has 2 aromatic carbocycles. The van der Waals surface area contributed by atoms with Gasteiger partial charge in [0.1, 0.15) is 11.4 Å². The van der Waals surface area contributed by atoms with Crippen molar-refractivity contribution in [3.63, 3.8) is 0 Å². The maximum Gasteiger partial charge on any atom is 0.152 e. The average Bonchev–Trinajstić information content (AvgIpc) is 3.30. The quantitative estimate of drug-likeness (QED) is 0.578. The Hall–Kier alpha value is -2.64. The Morgan fingerprint density at radius 3 is 2.69 bits per heavy atom. The predicted molar refractivity (Wildman–Crippen MR) is 115 cm³/mol. The summed E-state index contributed by atoms with van der Waals surface area (Å²) in [6.07, 6.45) is 4.15. The summed E-state index contributed by atoms with van der Waals surface area (Å²) in [6, 6.07) is 15.0. The van der Waals surface area contributed by atoms with Gasteiger partial charge >= 0.3 is 0 Å². The number of halogens is 1. The van der Waals surface area contributed by atoms with Crippen molar-refractivity contribution in [3.05, 3.63) is 65.3 Å². The van der Waals surface area contributed by atoms with E-state index in [9.17, 15) is 8.42 Å². The summed E-state index contributed by atoms with van der Waals surface area (Å²) < 4.78 is 30.4. The van der Waals surface area contributed by atoms with E-state index in [1.54, 1.807) is 30.1 Å². The molecule has 2 heterocycles. The van der Waals surface area contributed by atoms with Crippen LogP contribution in [-0.4, -0.2) is 49.1 Å². The van der Waals surface area contributed by atoms with Gasteiger partial charge in [0.05, 0.1) is 35.4 Å². The van der Waals surface area contributed by atoms with E-state index < -0.39 is 9.84 Å². The third-order valence-electron chi connectivity index (χ3n) is 4.82. The number of methoxy groups -OCH3 is 1. The van der Waals surface area contributed by atoms with Crippen molar-refractivity contribution in [2.75, 3.05) is 18.6 Å². The summed E-state index contributed by atoms with van der Waals surface area (Å²) in [5.74, 6) is 0.878. The van der Waals surface area contributed by atoms with Crippen molar-refractivity contribution in [2.24, 2.45) is 4.99 Å². The van der Waals surface area contributed by atoms with Gasteiger partial charge in [0.25, 0.3) is 0 Å². The molecule has 150 valence electrons.